The van der Waals surface area contributed by atoms with Crippen molar-refractivity contribution in [1.29, 1.82) is 0 Å². The Kier molecular flexibility index (Phi) is 4.60. The fraction of sp³-hybridized carbons (Fsp3) is 0.0370. The van der Waals surface area contributed by atoms with E-state index >= 15 is 0 Å². The van der Waals surface area contributed by atoms with Crippen molar-refractivity contribution >= 4 is 33.3 Å². The van der Waals surface area contributed by atoms with Crippen LogP contribution in [0.2, 0.25) is 0 Å². The molecule has 0 aliphatic rings. The molecule has 1 heteroatoms. The summed E-state index contributed by atoms with van der Waals surface area (Å²) in [5, 5.41) is 5.22. The number of hydrogen-bond donors (Lipinski definition) is 0. The largest absolute Gasteiger partial charge is 0.121 e. The van der Waals surface area contributed by atoms with Crippen LogP contribution in [0, 0.1) is 0 Å². The summed E-state index contributed by atoms with van der Waals surface area (Å²) in [6, 6.07) is 39.2. The quantitative estimate of drug-likeness (QED) is 0.226. The Morgan fingerprint density at radius 1 is 0.536 bits per heavy atom. The van der Waals surface area contributed by atoms with E-state index in [9.17, 15) is 0 Å². The van der Waals surface area contributed by atoms with Gasteiger partial charge in [-0.25, -0.2) is 0 Å². The van der Waals surface area contributed by atoms with Gasteiger partial charge in [0.05, 0.1) is 0 Å². The van der Waals surface area contributed by atoms with Crippen molar-refractivity contribution < 1.29 is 0 Å². The van der Waals surface area contributed by atoms with E-state index in [1.54, 1.807) is 0 Å². The molecule has 28 heavy (non-hydrogen) atoms. The molecule has 0 spiro atoms. The van der Waals surface area contributed by atoms with E-state index in [0.717, 1.165) is 5.75 Å². The molecule has 5 aromatic rings. The smallest absolute Gasteiger partial charge is 0.0238 e. The van der Waals surface area contributed by atoms with E-state index in [-0.39, 0.29) is 0 Å². The summed E-state index contributed by atoms with van der Waals surface area (Å²) in [5.74, 6) is 0.956. The van der Waals surface area contributed by atoms with E-state index < -0.39 is 0 Å². The van der Waals surface area contributed by atoms with Gasteiger partial charge in [0.25, 0.3) is 0 Å². The van der Waals surface area contributed by atoms with Crippen molar-refractivity contribution in [2.24, 2.45) is 0 Å². The lowest BCUT2D eigenvalue weighted by molar-refractivity contribution is 1.38. The first-order valence-corrected chi connectivity index (χ1v) is 10.6. The third-order valence-electron chi connectivity index (χ3n) is 5.20. The van der Waals surface area contributed by atoms with Crippen LogP contribution in [0.3, 0.4) is 0 Å². The minimum absolute atomic E-state index is 0.956. The molecule has 0 saturated heterocycles. The Labute approximate surface area is 169 Å². The summed E-state index contributed by atoms with van der Waals surface area (Å²) in [6.07, 6.45) is 0. The first-order valence-electron chi connectivity index (χ1n) is 9.57. The summed E-state index contributed by atoms with van der Waals surface area (Å²) >= 11 is 1.89. The number of hydrogen-bond acceptors (Lipinski definition) is 1. The van der Waals surface area contributed by atoms with Gasteiger partial charge in [-0.05, 0) is 56.4 Å². The molecule has 0 bridgehead atoms. The van der Waals surface area contributed by atoms with Crippen LogP contribution in [-0.2, 0) is 5.75 Å². The molecule has 5 aromatic carbocycles. The lowest BCUT2D eigenvalue weighted by Crippen LogP contribution is -1.91. The Morgan fingerprint density at radius 2 is 1.11 bits per heavy atom. The Balaban J connectivity index is 1.70. The standard InChI is InChI=1S/C27H20S/c1-2-13-23(14-3-1)28-19-22-12-6-9-17-26(22)27-24-15-7-4-10-20(24)18-21-11-5-8-16-25(21)27/h1-18H,19H2. The fourth-order valence-electron chi connectivity index (χ4n) is 3.87. The molecule has 0 radical (unpaired) electrons. The molecule has 0 N–H and O–H groups in total. The molecule has 134 valence electrons. The topological polar surface area (TPSA) is 0 Å². The molecule has 0 heterocycles. The van der Waals surface area contributed by atoms with Crippen molar-refractivity contribution in [3.63, 3.8) is 0 Å². The lowest BCUT2D eigenvalue weighted by atomic mass is 9.90. The van der Waals surface area contributed by atoms with Gasteiger partial charge >= 0.3 is 0 Å². The molecule has 0 fully saturated rings. The molecule has 0 saturated carbocycles. The highest BCUT2D eigenvalue weighted by Gasteiger charge is 2.13. The van der Waals surface area contributed by atoms with E-state index in [1.807, 2.05) is 11.8 Å². The Hall–Kier alpha value is -3.03. The SMILES string of the molecule is c1ccc(SCc2ccccc2-c2c3ccccc3cc3ccccc23)cc1. The van der Waals surface area contributed by atoms with E-state index in [4.69, 9.17) is 0 Å². The van der Waals surface area contributed by atoms with Gasteiger partial charge in [-0.15, -0.1) is 11.8 Å². The average molecular weight is 377 g/mol. The monoisotopic (exact) mass is 376 g/mol. The minimum atomic E-state index is 0.956. The van der Waals surface area contributed by atoms with Crippen molar-refractivity contribution in [2.45, 2.75) is 10.6 Å². The third kappa shape index (κ3) is 3.19. The molecule has 0 aromatic heterocycles. The zero-order chi connectivity index (χ0) is 18.8. The van der Waals surface area contributed by atoms with Crippen LogP contribution in [0.5, 0.6) is 0 Å². The zero-order valence-electron chi connectivity index (χ0n) is 15.5. The highest BCUT2D eigenvalue weighted by atomic mass is 32.2. The minimum Gasteiger partial charge on any atom is -0.121 e. The normalized spacial score (nSPS) is 11.1. The maximum atomic E-state index is 2.30. The van der Waals surface area contributed by atoms with Crippen LogP contribution in [0.4, 0.5) is 0 Å². The van der Waals surface area contributed by atoms with Crippen LogP contribution in [-0.4, -0.2) is 0 Å². The van der Waals surface area contributed by atoms with Gasteiger partial charge in [-0.2, -0.15) is 0 Å². The van der Waals surface area contributed by atoms with Crippen molar-refractivity contribution in [3.05, 3.63) is 115 Å². The van der Waals surface area contributed by atoms with Crippen molar-refractivity contribution in [2.75, 3.05) is 0 Å². The fourth-order valence-corrected chi connectivity index (χ4v) is 4.80. The van der Waals surface area contributed by atoms with Crippen LogP contribution in [0.15, 0.2) is 114 Å². The molecule has 0 nitrogen and oxygen atoms in total. The van der Waals surface area contributed by atoms with Gasteiger partial charge < -0.3 is 0 Å². The molecular formula is C27H20S. The first kappa shape index (κ1) is 17.1. The second kappa shape index (κ2) is 7.53. The number of thioether (sulfide) groups is 1. The Morgan fingerprint density at radius 3 is 1.82 bits per heavy atom. The van der Waals surface area contributed by atoms with Crippen LogP contribution in [0.1, 0.15) is 5.56 Å². The predicted molar refractivity (Wildman–Crippen MR) is 123 cm³/mol. The molecule has 0 aliphatic heterocycles. The maximum absolute atomic E-state index is 2.30. The summed E-state index contributed by atoms with van der Waals surface area (Å²) < 4.78 is 0. The molecule has 0 atom stereocenters. The molecule has 5 rings (SSSR count). The summed E-state index contributed by atoms with van der Waals surface area (Å²) in [5.41, 5.74) is 4.05. The maximum Gasteiger partial charge on any atom is 0.0238 e. The zero-order valence-corrected chi connectivity index (χ0v) is 16.3. The highest BCUT2D eigenvalue weighted by Crippen LogP contribution is 2.39. The second-order valence-electron chi connectivity index (χ2n) is 6.95. The average Bonchev–Trinajstić information content (AvgIpc) is 2.77. The van der Waals surface area contributed by atoms with Crippen molar-refractivity contribution in [1.82, 2.24) is 0 Å². The van der Waals surface area contributed by atoms with Gasteiger partial charge in [-0.1, -0.05) is 91.0 Å². The molecular weight excluding hydrogens is 356 g/mol. The van der Waals surface area contributed by atoms with Gasteiger partial charge in [-0.3, -0.25) is 0 Å². The van der Waals surface area contributed by atoms with Gasteiger partial charge in [0.1, 0.15) is 0 Å². The van der Waals surface area contributed by atoms with Gasteiger partial charge in [0.15, 0.2) is 0 Å². The van der Waals surface area contributed by atoms with Gasteiger partial charge in [0, 0.05) is 10.6 Å². The van der Waals surface area contributed by atoms with Crippen LogP contribution in [0.25, 0.3) is 32.7 Å². The van der Waals surface area contributed by atoms with E-state index in [2.05, 4.69) is 109 Å². The Bertz CT molecular complexity index is 1200. The number of fused-ring (bicyclic) bond motifs is 2. The number of rotatable bonds is 4. The first-order chi connectivity index (χ1) is 13.9. The summed E-state index contributed by atoms with van der Waals surface area (Å²) in [4.78, 5) is 1.31. The second-order valence-corrected chi connectivity index (χ2v) is 8.00. The number of benzene rings is 5. The van der Waals surface area contributed by atoms with Crippen molar-refractivity contribution in [3.8, 4) is 11.1 Å². The van der Waals surface area contributed by atoms with Crippen LogP contribution >= 0.6 is 11.8 Å². The molecule has 0 unspecified atom stereocenters. The van der Waals surface area contributed by atoms with Crippen LogP contribution < -0.4 is 0 Å². The summed E-state index contributed by atoms with van der Waals surface area (Å²) in [6.45, 7) is 0. The van der Waals surface area contributed by atoms with E-state index in [1.165, 1.54) is 43.1 Å². The van der Waals surface area contributed by atoms with E-state index in [0.29, 0.717) is 0 Å². The third-order valence-corrected chi connectivity index (χ3v) is 6.26. The lowest BCUT2D eigenvalue weighted by Gasteiger charge is -2.15. The molecule has 0 amide bonds. The summed E-state index contributed by atoms with van der Waals surface area (Å²) in [7, 11) is 0. The predicted octanol–water partition coefficient (Wildman–Crippen LogP) is 7.95. The van der Waals surface area contributed by atoms with Gasteiger partial charge in [0.2, 0.25) is 0 Å². The highest BCUT2D eigenvalue weighted by molar-refractivity contribution is 7.98. The molecule has 0 aliphatic carbocycles.